The van der Waals surface area contributed by atoms with E-state index in [1.165, 1.54) is 24.5 Å². The molecule has 174 valence electrons. The minimum absolute atomic E-state index is 0.0232. The number of benzene rings is 2. The first-order chi connectivity index (χ1) is 16.4. The lowest BCUT2D eigenvalue weighted by Crippen LogP contribution is -2.42. The number of furan rings is 1. The van der Waals surface area contributed by atoms with Gasteiger partial charge in [-0.1, -0.05) is 36.4 Å². The fraction of sp³-hybridized carbons (Fsp3) is 0.0435. The molecule has 0 aliphatic carbocycles. The summed E-state index contributed by atoms with van der Waals surface area (Å²) in [7, 11) is -3.86. The largest absolute Gasteiger partial charge is 0.489 e. The molecule has 0 saturated heterocycles. The van der Waals surface area contributed by atoms with Crippen LogP contribution >= 0.6 is 11.3 Å². The zero-order valence-electron chi connectivity index (χ0n) is 17.6. The predicted molar refractivity (Wildman–Crippen MR) is 126 cm³/mol. The Morgan fingerprint density at radius 1 is 0.882 bits per heavy atom. The number of hydrogen-bond donors (Lipinski definition) is 3. The molecular weight excluding hydrogens is 478 g/mol. The molecule has 9 nitrogen and oxygen atoms in total. The van der Waals surface area contributed by atoms with Gasteiger partial charge in [-0.3, -0.25) is 25.2 Å². The number of para-hydroxylation sites is 2. The van der Waals surface area contributed by atoms with Crippen molar-refractivity contribution in [3.8, 4) is 5.75 Å². The second-order valence-electron chi connectivity index (χ2n) is 6.87. The predicted octanol–water partition coefficient (Wildman–Crippen LogP) is 3.80. The van der Waals surface area contributed by atoms with Gasteiger partial charge in [0.05, 0.1) is 17.5 Å². The Labute approximate surface area is 199 Å². The van der Waals surface area contributed by atoms with E-state index in [2.05, 4.69) is 15.6 Å². The number of anilines is 1. The molecule has 0 aliphatic rings. The first-order valence-electron chi connectivity index (χ1n) is 9.94. The van der Waals surface area contributed by atoms with Crippen LogP contribution in [-0.2, 0) is 16.6 Å². The molecule has 0 fully saturated rings. The van der Waals surface area contributed by atoms with Gasteiger partial charge in [-0.2, -0.15) is 0 Å². The van der Waals surface area contributed by atoms with Gasteiger partial charge in [0, 0.05) is 5.56 Å². The minimum atomic E-state index is -3.86. The van der Waals surface area contributed by atoms with E-state index < -0.39 is 21.8 Å². The minimum Gasteiger partial charge on any atom is -0.489 e. The molecule has 2 aromatic heterocycles. The van der Waals surface area contributed by atoms with Crippen LogP contribution in [0, 0.1) is 0 Å². The smallest absolute Gasteiger partial charge is 0.305 e. The van der Waals surface area contributed by atoms with E-state index in [9.17, 15) is 18.0 Å². The van der Waals surface area contributed by atoms with Gasteiger partial charge in [0.25, 0.3) is 15.9 Å². The van der Waals surface area contributed by atoms with E-state index >= 15 is 0 Å². The van der Waals surface area contributed by atoms with Gasteiger partial charge in [-0.05, 0) is 41.8 Å². The average Bonchev–Trinajstić information content (AvgIpc) is 3.55. The molecule has 0 radical (unpaired) electrons. The second-order valence-corrected chi connectivity index (χ2v) is 9.73. The molecule has 4 aromatic rings. The molecule has 2 heterocycles. The Kier molecular flexibility index (Phi) is 6.95. The van der Waals surface area contributed by atoms with Crippen molar-refractivity contribution in [2.75, 3.05) is 4.72 Å². The first-order valence-corrected chi connectivity index (χ1v) is 12.3. The van der Waals surface area contributed by atoms with Crippen LogP contribution in [0.4, 0.5) is 5.69 Å². The molecule has 3 N–H and O–H groups in total. The summed E-state index contributed by atoms with van der Waals surface area (Å²) >= 11 is 1.05. The summed E-state index contributed by atoms with van der Waals surface area (Å²) < 4.78 is 38.5. The molecule has 2 aromatic carbocycles. The maximum Gasteiger partial charge on any atom is 0.305 e. The van der Waals surface area contributed by atoms with Crippen LogP contribution in [0.25, 0.3) is 0 Å². The van der Waals surface area contributed by atoms with Gasteiger partial charge in [0.1, 0.15) is 16.6 Å². The normalized spacial score (nSPS) is 10.9. The second kappa shape index (κ2) is 10.2. The molecule has 0 unspecified atom stereocenters. The third kappa shape index (κ3) is 5.45. The van der Waals surface area contributed by atoms with Crippen molar-refractivity contribution >= 4 is 38.9 Å². The Balaban J connectivity index is 1.40. The number of hydrogen-bond acceptors (Lipinski definition) is 7. The number of carbonyl (C=O) groups excluding carboxylic acids is 2. The molecule has 0 atom stereocenters. The fourth-order valence-electron chi connectivity index (χ4n) is 2.95. The van der Waals surface area contributed by atoms with Crippen molar-refractivity contribution in [2.24, 2.45) is 0 Å². The molecule has 11 heteroatoms. The van der Waals surface area contributed by atoms with Crippen molar-refractivity contribution in [1.29, 1.82) is 0 Å². The molecule has 34 heavy (non-hydrogen) atoms. The van der Waals surface area contributed by atoms with Crippen molar-refractivity contribution in [2.45, 2.75) is 10.8 Å². The summed E-state index contributed by atoms with van der Waals surface area (Å²) in [5.74, 6) is -0.805. The highest BCUT2D eigenvalue weighted by Gasteiger charge is 2.21. The summed E-state index contributed by atoms with van der Waals surface area (Å²) in [6.45, 7) is 0.0878. The zero-order valence-corrected chi connectivity index (χ0v) is 19.2. The zero-order chi connectivity index (χ0) is 24.0. The molecule has 0 bridgehead atoms. The van der Waals surface area contributed by atoms with Crippen molar-refractivity contribution in [3.63, 3.8) is 0 Å². The summed E-state index contributed by atoms with van der Waals surface area (Å²) in [5.41, 5.74) is 5.13. The van der Waals surface area contributed by atoms with Gasteiger partial charge < -0.3 is 9.15 Å². The topological polar surface area (TPSA) is 127 Å². The fourth-order valence-corrected chi connectivity index (χ4v) is 5.02. The number of sulfonamides is 1. The summed E-state index contributed by atoms with van der Waals surface area (Å²) in [4.78, 5) is 25.3. The number of nitrogens with one attached hydrogen (secondary N) is 3. The van der Waals surface area contributed by atoms with Crippen LogP contribution in [0.15, 0.2) is 93.1 Å². The van der Waals surface area contributed by atoms with Gasteiger partial charge in [0.15, 0.2) is 5.76 Å². The van der Waals surface area contributed by atoms with Crippen LogP contribution in [0.3, 0.4) is 0 Å². The molecule has 0 aliphatic heterocycles. The monoisotopic (exact) mass is 497 g/mol. The van der Waals surface area contributed by atoms with E-state index in [1.807, 2.05) is 18.2 Å². The lowest BCUT2D eigenvalue weighted by molar-refractivity contribution is 0.0829. The van der Waals surface area contributed by atoms with Crippen LogP contribution in [0.2, 0.25) is 0 Å². The van der Waals surface area contributed by atoms with Crippen LogP contribution in [0.5, 0.6) is 5.75 Å². The van der Waals surface area contributed by atoms with Crippen molar-refractivity contribution < 1.29 is 27.2 Å². The number of carbonyl (C=O) groups is 2. The average molecular weight is 498 g/mol. The highest BCUT2D eigenvalue weighted by atomic mass is 32.2. The third-order valence-electron chi connectivity index (χ3n) is 4.56. The van der Waals surface area contributed by atoms with E-state index in [1.54, 1.807) is 41.8 Å². The third-order valence-corrected chi connectivity index (χ3v) is 7.32. The first kappa shape index (κ1) is 23.1. The van der Waals surface area contributed by atoms with Gasteiger partial charge in [-0.15, -0.1) is 11.3 Å². The van der Waals surface area contributed by atoms with E-state index in [-0.39, 0.29) is 27.8 Å². The summed E-state index contributed by atoms with van der Waals surface area (Å²) in [6.07, 6.45) is 1.34. The van der Waals surface area contributed by atoms with Crippen molar-refractivity contribution in [3.05, 3.63) is 101 Å². The SMILES string of the molecule is O=C(NNC(=O)c1occc1COc1ccccc1)c1ccccc1NS(=O)(=O)c1cccs1. The Bertz CT molecular complexity index is 1380. The van der Waals surface area contributed by atoms with E-state index in [0.717, 1.165) is 11.3 Å². The lowest BCUT2D eigenvalue weighted by Gasteiger charge is -2.12. The number of hydrazine groups is 1. The van der Waals surface area contributed by atoms with Crippen molar-refractivity contribution in [1.82, 2.24) is 10.9 Å². The number of thiophene rings is 1. The Hall–Kier alpha value is -4.09. The van der Waals surface area contributed by atoms with E-state index in [0.29, 0.717) is 11.3 Å². The van der Waals surface area contributed by atoms with Crippen LogP contribution < -0.4 is 20.3 Å². The quantitative estimate of drug-likeness (QED) is 0.318. The number of rotatable bonds is 8. The molecule has 0 saturated carbocycles. The Morgan fingerprint density at radius 3 is 2.38 bits per heavy atom. The maximum absolute atomic E-state index is 12.7. The van der Waals surface area contributed by atoms with Gasteiger partial charge in [-0.25, -0.2) is 8.42 Å². The molecule has 0 spiro atoms. The lowest BCUT2D eigenvalue weighted by atomic mass is 10.2. The van der Waals surface area contributed by atoms with Crippen LogP contribution in [0.1, 0.15) is 26.5 Å². The molecular formula is C23H19N3O6S2. The van der Waals surface area contributed by atoms with Crippen LogP contribution in [-0.4, -0.2) is 20.2 Å². The standard InChI is InChI=1S/C23H19N3O6S2/c27-22(18-9-4-5-10-19(18)26-34(29,30)20-11-6-14-33-20)24-25-23(28)21-16(12-13-31-21)15-32-17-7-2-1-3-8-17/h1-14,26H,15H2,(H,24,27)(H,25,28). The highest BCUT2D eigenvalue weighted by molar-refractivity contribution is 7.94. The number of ether oxygens (including phenoxy) is 1. The van der Waals surface area contributed by atoms with Gasteiger partial charge in [0.2, 0.25) is 0 Å². The van der Waals surface area contributed by atoms with E-state index in [4.69, 9.17) is 9.15 Å². The maximum atomic E-state index is 12.7. The number of amides is 2. The summed E-state index contributed by atoms with van der Waals surface area (Å²) in [5, 5.41) is 1.64. The summed E-state index contributed by atoms with van der Waals surface area (Å²) in [6, 6.07) is 19.8. The Morgan fingerprint density at radius 2 is 1.62 bits per heavy atom. The highest BCUT2D eigenvalue weighted by Crippen LogP contribution is 2.23. The molecule has 4 rings (SSSR count). The van der Waals surface area contributed by atoms with Gasteiger partial charge >= 0.3 is 5.91 Å². The molecule has 2 amide bonds.